The van der Waals surface area contributed by atoms with Gasteiger partial charge in [-0.25, -0.2) is 0 Å². The highest BCUT2D eigenvalue weighted by molar-refractivity contribution is 5.93. The minimum absolute atomic E-state index is 0.00245. The predicted molar refractivity (Wildman–Crippen MR) is 388 cm³/mol. The van der Waals surface area contributed by atoms with Crippen LogP contribution in [0.2, 0.25) is 0 Å². The van der Waals surface area contributed by atoms with Crippen LogP contribution in [0.1, 0.15) is 279 Å². The molecule has 0 bridgehead atoms. The van der Waals surface area contributed by atoms with Crippen molar-refractivity contribution in [2.45, 2.75) is 292 Å². The largest absolute Gasteiger partial charge is 0.356 e. The number of amides is 9. The molecule has 2 rings (SSSR count). The lowest BCUT2D eigenvalue weighted by atomic mass is 9.97. The molecule has 9 amide bonds. The SMILES string of the molecule is CCCCCC(C)C(=O)NCCCCC(NC(=O)C(C)CCCCC)C(=O)NCCCCC(NC(=O)C(CCCCNC(=O)C(C)CCCCC)NC(=O)C(C)CCCCC)C(=O)NCCCCC(C)C(=O)NC(CCCCNC)C(=O)NC(c1ccccc1)c1ccccc1. The zero-order chi connectivity index (χ0) is 70.7. The van der Waals surface area contributed by atoms with E-state index >= 15 is 0 Å². The Kier molecular flexibility index (Phi) is 47.9. The molecule has 0 aliphatic carbocycles. The van der Waals surface area contributed by atoms with Crippen molar-refractivity contribution < 1.29 is 43.2 Å². The first-order valence-electron chi connectivity index (χ1n) is 37.7. The van der Waals surface area contributed by atoms with Gasteiger partial charge in [-0.15, -0.1) is 0 Å². The zero-order valence-electron chi connectivity index (χ0n) is 61.2. The lowest BCUT2D eigenvalue weighted by molar-refractivity contribution is -0.133. The number of nitrogens with one attached hydrogen (secondary N) is 10. The molecular weight excluding hydrogens is 1210 g/mol. The molecule has 0 saturated carbocycles. The molecule has 544 valence electrons. The van der Waals surface area contributed by atoms with Crippen molar-refractivity contribution in [3.05, 3.63) is 71.8 Å². The van der Waals surface area contributed by atoms with Crippen LogP contribution >= 0.6 is 0 Å². The van der Waals surface area contributed by atoms with Crippen LogP contribution in [0.4, 0.5) is 0 Å². The summed E-state index contributed by atoms with van der Waals surface area (Å²) >= 11 is 0. The molecule has 0 fully saturated rings. The number of rotatable bonds is 57. The average Bonchev–Trinajstić information content (AvgIpc) is 0.865. The minimum Gasteiger partial charge on any atom is -0.356 e. The van der Waals surface area contributed by atoms with E-state index in [1.807, 2.05) is 102 Å². The van der Waals surface area contributed by atoms with Gasteiger partial charge in [0.15, 0.2) is 0 Å². The lowest BCUT2D eigenvalue weighted by Gasteiger charge is -2.25. The molecule has 0 aromatic heterocycles. The van der Waals surface area contributed by atoms with Crippen molar-refractivity contribution in [2.24, 2.45) is 29.6 Å². The normalized spacial score (nSPS) is 14.1. The summed E-state index contributed by atoms with van der Waals surface area (Å²) in [5.74, 6) is -3.27. The van der Waals surface area contributed by atoms with Crippen LogP contribution in [0, 0.1) is 29.6 Å². The van der Waals surface area contributed by atoms with Gasteiger partial charge in [-0.1, -0.05) is 206 Å². The Morgan fingerprint density at radius 2 is 0.510 bits per heavy atom. The van der Waals surface area contributed by atoms with Gasteiger partial charge in [-0.2, -0.15) is 0 Å². The van der Waals surface area contributed by atoms with Crippen LogP contribution in [0.5, 0.6) is 0 Å². The van der Waals surface area contributed by atoms with E-state index in [0.29, 0.717) is 96.6 Å². The Morgan fingerprint density at radius 3 is 0.812 bits per heavy atom. The molecule has 10 N–H and O–H groups in total. The van der Waals surface area contributed by atoms with Gasteiger partial charge in [-0.3, -0.25) is 43.2 Å². The van der Waals surface area contributed by atoms with Gasteiger partial charge >= 0.3 is 0 Å². The van der Waals surface area contributed by atoms with E-state index in [2.05, 4.69) is 80.9 Å². The fraction of sp³-hybridized carbons (Fsp3) is 0.727. The molecule has 0 saturated heterocycles. The molecule has 2 aromatic carbocycles. The second-order valence-corrected chi connectivity index (χ2v) is 27.2. The quantitative estimate of drug-likeness (QED) is 0.0280. The predicted octanol–water partition coefficient (Wildman–Crippen LogP) is 11.9. The fourth-order valence-corrected chi connectivity index (χ4v) is 11.7. The number of carbonyl (C=O) groups excluding carboxylic acids is 9. The van der Waals surface area contributed by atoms with Crippen LogP contribution < -0.4 is 53.2 Å². The smallest absolute Gasteiger partial charge is 0.243 e. The number of hydrogen-bond donors (Lipinski definition) is 10. The molecule has 96 heavy (non-hydrogen) atoms. The van der Waals surface area contributed by atoms with Crippen molar-refractivity contribution >= 4 is 53.2 Å². The van der Waals surface area contributed by atoms with Crippen molar-refractivity contribution in [3.8, 4) is 0 Å². The van der Waals surface area contributed by atoms with Gasteiger partial charge in [0.25, 0.3) is 0 Å². The molecule has 0 aliphatic heterocycles. The average molecular weight is 1340 g/mol. The van der Waals surface area contributed by atoms with Crippen LogP contribution in [-0.4, -0.2) is 117 Å². The van der Waals surface area contributed by atoms with Crippen molar-refractivity contribution in [1.29, 1.82) is 0 Å². The van der Waals surface area contributed by atoms with Crippen LogP contribution in [0.25, 0.3) is 0 Å². The maximum atomic E-state index is 14.5. The molecule has 9 unspecified atom stereocenters. The van der Waals surface area contributed by atoms with Gasteiger partial charge in [0, 0.05) is 55.8 Å². The number of hydrogen-bond acceptors (Lipinski definition) is 10. The first-order valence-corrected chi connectivity index (χ1v) is 37.7. The monoisotopic (exact) mass is 1340 g/mol. The number of unbranched alkanes of at least 4 members (excludes halogenated alkanes) is 13. The Labute approximate surface area is 579 Å². The second kappa shape index (κ2) is 53.7. The molecule has 0 spiro atoms. The third kappa shape index (κ3) is 38.0. The first kappa shape index (κ1) is 85.7. The summed E-state index contributed by atoms with van der Waals surface area (Å²) < 4.78 is 0. The Hall–Kier alpha value is -6.37. The molecule has 19 nitrogen and oxygen atoms in total. The highest BCUT2D eigenvalue weighted by Crippen LogP contribution is 2.23. The highest BCUT2D eigenvalue weighted by Gasteiger charge is 2.30. The topological polar surface area (TPSA) is 274 Å². The third-order valence-electron chi connectivity index (χ3n) is 18.5. The van der Waals surface area contributed by atoms with E-state index < -0.39 is 47.9 Å². The van der Waals surface area contributed by atoms with Gasteiger partial charge < -0.3 is 53.2 Å². The van der Waals surface area contributed by atoms with Crippen molar-refractivity contribution in [1.82, 2.24) is 53.2 Å². The first-order chi connectivity index (χ1) is 46.3. The summed E-state index contributed by atoms with van der Waals surface area (Å²) in [5.41, 5.74) is 1.86. The zero-order valence-corrected chi connectivity index (χ0v) is 61.2. The van der Waals surface area contributed by atoms with E-state index in [0.717, 1.165) is 127 Å². The van der Waals surface area contributed by atoms with Gasteiger partial charge in [0.05, 0.1) is 6.04 Å². The van der Waals surface area contributed by atoms with E-state index in [1.54, 1.807) is 0 Å². The van der Waals surface area contributed by atoms with Crippen molar-refractivity contribution in [3.63, 3.8) is 0 Å². The van der Waals surface area contributed by atoms with Gasteiger partial charge in [-0.05, 0) is 140 Å². The molecule has 0 heterocycles. The van der Waals surface area contributed by atoms with Gasteiger partial charge in [0.1, 0.15) is 24.2 Å². The molecular formula is C77H132N10O9. The minimum atomic E-state index is -0.992. The van der Waals surface area contributed by atoms with Gasteiger partial charge in [0.2, 0.25) is 53.2 Å². The lowest BCUT2D eigenvalue weighted by Crippen LogP contribution is -2.54. The maximum absolute atomic E-state index is 14.5. The Morgan fingerprint density at radius 1 is 0.271 bits per heavy atom. The summed E-state index contributed by atoms with van der Waals surface area (Å²) in [6.07, 6.45) is 23.1. The Balaban J connectivity index is 2.28. The fourth-order valence-electron chi connectivity index (χ4n) is 11.7. The summed E-state index contributed by atoms with van der Waals surface area (Å²) in [5, 5.41) is 30.7. The number of benzene rings is 2. The standard InChI is InChI=1S/C77H132N10O9/c1-11-15-21-39-57(5)69(88)79-53-36-31-48-64(83-71(90)59(7)41-23-17-13-3)74(93)82-56-38-32-49-65(86-76(95)66(84-72(91)60(8)42-24-18-14-4)51-33-37-54-80-70(89)58(6)40-22-16-12-2)75(94)81-55-35-29-43-61(9)73(92)85-67(50-30-34-52-78-10)77(96)87-68(62-44-25-19-26-45-62)63-46-27-20-28-47-63/h19-20,25-28,44-47,57-61,64-68,78H,11-18,21-24,29-43,48-56H2,1-10H3,(H,79,88)(H,80,89)(H,81,94)(H,82,93)(H,83,90)(H,84,91)(H,85,92)(H,86,95)(H,87,96). The van der Waals surface area contributed by atoms with Crippen LogP contribution in [-0.2, 0) is 43.2 Å². The van der Waals surface area contributed by atoms with Crippen molar-refractivity contribution in [2.75, 3.05) is 39.8 Å². The molecule has 19 heteroatoms. The van der Waals surface area contributed by atoms with E-state index in [1.165, 1.54) is 0 Å². The molecule has 0 radical (unpaired) electrons. The van der Waals surface area contributed by atoms with E-state index in [-0.39, 0.29) is 84.5 Å². The van der Waals surface area contributed by atoms with Crippen LogP contribution in [0.15, 0.2) is 60.7 Å². The third-order valence-corrected chi connectivity index (χ3v) is 18.5. The summed E-state index contributed by atoms with van der Waals surface area (Å²) in [6, 6.07) is 15.7. The molecule has 9 atom stereocenters. The summed E-state index contributed by atoms with van der Waals surface area (Å²) in [7, 11) is 1.89. The second-order valence-electron chi connectivity index (χ2n) is 27.2. The van der Waals surface area contributed by atoms with E-state index in [4.69, 9.17) is 0 Å². The number of carbonyl (C=O) groups is 9. The van der Waals surface area contributed by atoms with Crippen LogP contribution in [0.3, 0.4) is 0 Å². The maximum Gasteiger partial charge on any atom is 0.243 e. The highest BCUT2D eigenvalue weighted by atomic mass is 16.2. The summed E-state index contributed by atoms with van der Waals surface area (Å²) in [6.45, 7) is 20.2. The van der Waals surface area contributed by atoms with E-state index in [9.17, 15) is 43.2 Å². The molecule has 2 aromatic rings. The molecule has 0 aliphatic rings. The Bertz CT molecular complexity index is 2430. The summed E-state index contributed by atoms with van der Waals surface area (Å²) in [4.78, 5) is 124.